The number of methoxy groups -OCH3 is 1. The summed E-state index contributed by atoms with van der Waals surface area (Å²) < 4.78 is 10.3. The number of rotatable bonds is 8. The molecule has 142 valence electrons. The molecule has 0 aromatic heterocycles. The van der Waals surface area contributed by atoms with Crippen LogP contribution in [0.1, 0.15) is 35.7 Å². The Bertz CT molecular complexity index is 817. The highest BCUT2D eigenvalue weighted by Crippen LogP contribution is 2.25. The van der Waals surface area contributed by atoms with E-state index in [0.717, 1.165) is 5.56 Å². The number of esters is 1. The van der Waals surface area contributed by atoms with Crippen molar-refractivity contribution in [2.75, 3.05) is 12.4 Å². The molecule has 0 heterocycles. The van der Waals surface area contributed by atoms with E-state index in [-0.39, 0.29) is 18.6 Å². The van der Waals surface area contributed by atoms with Crippen molar-refractivity contribution in [1.29, 1.82) is 0 Å². The molecule has 0 radical (unpaired) electrons. The van der Waals surface area contributed by atoms with Gasteiger partial charge in [-0.3, -0.25) is 14.4 Å². The first kappa shape index (κ1) is 20.2. The first-order valence-electron chi connectivity index (χ1n) is 8.64. The largest absolute Gasteiger partial charge is 0.495 e. The quantitative estimate of drug-likeness (QED) is 0.568. The average Bonchev–Trinajstić information content (AvgIpc) is 2.67. The summed E-state index contributed by atoms with van der Waals surface area (Å²) in [5, 5.41) is 2.69. The van der Waals surface area contributed by atoms with Gasteiger partial charge >= 0.3 is 5.97 Å². The summed E-state index contributed by atoms with van der Waals surface area (Å²) in [5.74, 6) is -0.699. The Morgan fingerprint density at radius 2 is 1.74 bits per heavy atom. The van der Waals surface area contributed by atoms with Crippen LogP contribution in [0.5, 0.6) is 5.75 Å². The molecule has 1 atom stereocenters. The third kappa shape index (κ3) is 5.95. The summed E-state index contributed by atoms with van der Waals surface area (Å²) >= 11 is 0. The Morgan fingerprint density at radius 3 is 2.41 bits per heavy atom. The number of benzene rings is 2. The lowest BCUT2D eigenvalue weighted by Gasteiger charge is -2.15. The van der Waals surface area contributed by atoms with Crippen LogP contribution in [0, 0.1) is 6.92 Å². The molecule has 0 saturated carbocycles. The van der Waals surface area contributed by atoms with Crippen molar-refractivity contribution in [2.24, 2.45) is 0 Å². The monoisotopic (exact) mass is 369 g/mol. The second-order valence-electron chi connectivity index (χ2n) is 6.11. The van der Waals surface area contributed by atoms with E-state index in [1.165, 1.54) is 14.0 Å². The van der Waals surface area contributed by atoms with Crippen LogP contribution >= 0.6 is 0 Å². The minimum absolute atomic E-state index is 0.0306. The lowest BCUT2D eigenvalue weighted by molar-refractivity contribution is -0.153. The van der Waals surface area contributed by atoms with E-state index in [1.807, 2.05) is 19.1 Å². The number of Topliss-reactive ketones (excluding diaryl/α,β-unsaturated/α-hetero) is 1. The van der Waals surface area contributed by atoms with Crippen molar-refractivity contribution in [1.82, 2.24) is 0 Å². The molecule has 0 aliphatic rings. The summed E-state index contributed by atoms with van der Waals surface area (Å²) in [4.78, 5) is 36.2. The standard InChI is InChI=1S/C21H23NO5/c1-14-9-11-19(26-3)17(13-14)22-21(25)15(2)27-20(24)12-10-18(23)16-7-5-4-6-8-16/h4-9,11,13,15H,10,12H2,1-3H3,(H,22,25)/t15-/m0/s1. The maximum atomic E-state index is 12.3. The molecular weight excluding hydrogens is 346 g/mol. The number of hydrogen-bond donors (Lipinski definition) is 1. The molecule has 0 aliphatic carbocycles. The number of carbonyl (C=O) groups excluding carboxylic acids is 3. The van der Waals surface area contributed by atoms with E-state index >= 15 is 0 Å². The topological polar surface area (TPSA) is 81.7 Å². The summed E-state index contributed by atoms with van der Waals surface area (Å²) in [7, 11) is 1.51. The molecule has 1 N–H and O–H groups in total. The van der Waals surface area contributed by atoms with E-state index in [2.05, 4.69) is 5.32 Å². The van der Waals surface area contributed by atoms with Gasteiger partial charge in [0.25, 0.3) is 5.91 Å². The molecular formula is C21H23NO5. The van der Waals surface area contributed by atoms with Gasteiger partial charge in [0.2, 0.25) is 0 Å². The van der Waals surface area contributed by atoms with Crippen LogP contribution in [0.25, 0.3) is 0 Å². The lowest BCUT2D eigenvalue weighted by Crippen LogP contribution is -2.30. The van der Waals surface area contributed by atoms with Crippen LogP contribution in [-0.2, 0) is 14.3 Å². The van der Waals surface area contributed by atoms with Crippen LogP contribution in [-0.4, -0.2) is 30.9 Å². The number of carbonyl (C=O) groups is 3. The fourth-order valence-electron chi connectivity index (χ4n) is 2.45. The van der Waals surface area contributed by atoms with E-state index in [1.54, 1.807) is 36.4 Å². The average molecular weight is 369 g/mol. The second kappa shape index (κ2) is 9.52. The Morgan fingerprint density at radius 1 is 1.04 bits per heavy atom. The fraction of sp³-hybridized carbons (Fsp3) is 0.286. The van der Waals surface area contributed by atoms with Gasteiger partial charge in [-0.25, -0.2) is 0 Å². The normalized spacial score (nSPS) is 11.4. The molecule has 0 aliphatic heterocycles. The highest BCUT2D eigenvalue weighted by atomic mass is 16.5. The molecule has 0 spiro atoms. The predicted octanol–water partition coefficient (Wildman–Crippen LogP) is 3.54. The van der Waals surface area contributed by atoms with Crippen LogP contribution in [0.15, 0.2) is 48.5 Å². The van der Waals surface area contributed by atoms with Gasteiger partial charge in [0, 0.05) is 12.0 Å². The van der Waals surface area contributed by atoms with Gasteiger partial charge in [-0.15, -0.1) is 0 Å². The lowest BCUT2D eigenvalue weighted by atomic mass is 10.1. The van der Waals surface area contributed by atoms with Gasteiger partial charge in [0.1, 0.15) is 5.75 Å². The van der Waals surface area contributed by atoms with Crippen LogP contribution in [0.3, 0.4) is 0 Å². The molecule has 1 amide bonds. The number of ketones is 1. The first-order valence-corrected chi connectivity index (χ1v) is 8.64. The molecule has 2 aromatic carbocycles. The van der Waals surface area contributed by atoms with Crippen molar-refractivity contribution >= 4 is 23.3 Å². The summed E-state index contributed by atoms with van der Waals surface area (Å²) in [6, 6.07) is 14.1. The van der Waals surface area contributed by atoms with Crippen LogP contribution < -0.4 is 10.1 Å². The highest BCUT2D eigenvalue weighted by molar-refractivity contribution is 5.98. The van der Waals surface area contributed by atoms with Gasteiger partial charge in [-0.05, 0) is 31.5 Å². The number of ether oxygens (including phenoxy) is 2. The van der Waals surface area contributed by atoms with Crippen LogP contribution in [0.4, 0.5) is 5.69 Å². The zero-order valence-electron chi connectivity index (χ0n) is 15.7. The van der Waals surface area contributed by atoms with Crippen molar-refractivity contribution < 1.29 is 23.9 Å². The minimum atomic E-state index is -0.991. The molecule has 0 fully saturated rings. The smallest absolute Gasteiger partial charge is 0.307 e. The number of hydrogen-bond acceptors (Lipinski definition) is 5. The Kier molecular flexibility index (Phi) is 7.11. The highest BCUT2D eigenvalue weighted by Gasteiger charge is 2.20. The van der Waals surface area contributed by atoms with Gasteiger partial charge in [0.15, 0.2) is 11.9 Å². The number of anilines is 1. The summed E-state index contributed by atoms with van der Waals surface area (Å²) in [5.41, 5.74) is 2.00. The van der Waals surface area contributed by atoms with Gasteiger partial charge < -0.3 is 14.8 Å². The third-order valence-electron chi connectivity index (χ3n) is 3.94. The van der Waals surface area contributed by atoms with Crippen molar-refractivity contribution in [2.45, 2.75) is 32.8 Å². The number of nitrogens with one attached hydrogen (secondary N) is 1. The van der Waals surface area contributed by atoms with Crippen molar-refractivity contribution in [3.8, 4) is 5.75 Å². The Balaban J connectivity index is 1.86. The maximum absolute atomic E-state index is 12.3. The van der Waals surface area contributed by atoms with Gasteiger partial charge in [-0.2, -0.15) is 0 Å². The Hall–Kier alpha value is -3.15. The number of amides is 1. The maximum Gasteiger partial charge on any atom is 0.307 e. The van der Waals surface area contributed by atoms with E-state index < -0.39 is 18.0 Å². The molecule has 2 aromatic rings. The van der Waals surface area contributed by atoms with Gasteiger partial charge in [-0.1, -0.05) is 36.4 Å². The summed E-state index contributed by atoms with van der Waals surface area (Å²) in [6.45, 7) is 3.37. The molecule has 2 rings (SSSR count). The molecule has 0 unspecified atom stereocenters. The zero-order chi connectivity index (χ0) is 19.8. The molecule has 0 bridgehead atoms. The van der Waals surface area contributed by atoms with Crippen LogP contribution in [0.2, 0.25) is 0 Å². The minimum Gasteiger partial charge on any atom is -0.495 e. The van der Waals surface area contributed by atoms with E-state index in [4.69, 9.17) is 9.47 Å². The molecule has 27 heavy (non-hydrogen) atoms. The number of aryl methyl sites for hydroxylation is 1. The van der Waals surface area contributed by atoms with E-state index in [0.29, 0.717) is 17.0 Å². The Labute approximate surface area is 158 Å². The van der Waals surface area contributed by atoms with Gasteiger partial charge in [0.05, 0.1) is 19.2 Å². The first-order chi connectivity index (χ1) is 12.9. The third-order valence-corrected chi connectivity index (χ3v) is 3.94. The predicted molar refractivity (Wildman–Crippen MR) is 102 cm³/mol. The molecule has 6 heteroatoms. The molecule has 6 nitrogen and oxygen atoms in total. The SMILES string of the molecule is COc1ccc(C)cc1NC(=O)[C@H](C)OC(=O)CCC(=O)c1ccccc1. The zero-order valence-corrected chi connectivity index (χ0v) is 15.7. The molecule has 0 saturated heterocycles. The van der Waals surface area contributed by atoms with Crippen molar-refractivity contribution in [3.63, 3.8) is 0 Å². The van der Waals surface area contributed by atoms with Crippen molar-refractivity contribution in [3.05, 3.63) is 59.7 Å². The fourth-order valence-corrected chi connectivity index (χ4v) is 2.45. The summed E-state index contributed by atoms with van der Waals surface area (Å²) in [6.07, 6.45) is -1.04. The second-order valence-corrected chi connectivity index (χ2v) is 6.11. The van der Waals surface area contributed by atoms with E-state index in [9.17, 15) is 14.4 Å².